The molecular formula is C16H24N2O3. The van der Waals surface area contributed by atoms with E-state index in [2.05, 4.69) is 5.32 Å². The summed E-state index contributed by atoms with van der Waals surface area (Å²) in [5.41, 5.74) is 0.577. The van der Waals surface area contributed by atoms with E-state index in [1.165, 1.54) is 0 Å². The molecule has 0 bridgehead atoms. The van der Waals surface area contributed by atoms with Crippen LogP contribution in [-0.4, -0.2) is 41.0 Å². The number of carbonyl (C=O) groups is 2. The van der Waals surface area contributed by atoms with Crippen LogP contribution in [0.1, 0.15) is 38.8 Å². The van der Waals surface area contributed by atoms with Gasteiger partial charge in [0.1, 0.15) is 0 Å². The van der Waals surface area contributed by atoms with Crippen LogP contribution in [0.2, 0.25) is 0 Å². The molecule has 1 amide bonds. The molecule has 0 aromatic heterocycles. The van der Waals surface area contributed by atoms with E-state index in [0.717, 1.165) is 13.1 Å². The largest absolute Gasteiger partial charge is 0.479 e. The van der Waals surface area contributed by atoms with E-state index in [9.17, 15) is 14.7 Å². The highest BCUT2D eigenvalue weighted by Gasteiger charge is 2.28. The zero-order valence-electron chi connectivity index (χ0n) is 12.9. The highest BCUT2D eigenvalue weighted by atomic mass is 16.4. The maximum atomic E-state index is 12.4. The standard InChI is InChI=1S/C16H24N2O3/c1-4-13(18(5-2)6-3)15(19)17-14(16(20)21)12-10-8-7-9-11-12/h7-11,13-14H,4-6H2,1-3H3,(H,17,19)(H,20,21)/t13?,14-/m0/s1. The average molecular weight is 292 g/mol. The van der Waals surface area contributed by atoms with Gasteiger partial charge < -0.3 is 10.4 Å². The molecule has 0 saturated heterocycles. The molecule has 1 rings (SSSR count). The van der Waals surface area contributed by atoms with Crippen LogP contribution >= 0.6 is 0 Å². The molecule has 116 valence electrons. The molecule has 0 spiro atoms. The summed E-state index contributed by atoms with van der Waals surface area (Å²) in [6.07, 6.45) is 0.647. The molecule has 21 heavy (non-hydrogen) atoms. The third-order valence-electron chi connectivity index (χ3n) is 3.61. The van der Waals surface area contributed by atoms with Gasteiger partial charge in [0.05, 0.1) is 6.04 Å². The number of nitrogens with one attached hydrogen (secondary N) is 1. The van der Waals surface area contributed by atoms with Crippen molar-refractivity contribution in [3.63, 3.8) is 0 Å². The van der Waals surface area contributed by atoms with Crippen LogP contribution in [0.5, 0.6) is 0 Å². The molecule has 2 N–H and O–H groups in total. The van der Waals surface area contributed by atoms with Gasteiger partial charge in [-0.05, 0) is 25.1 Å². The molecular weight excluding hydrogens is 268 g/mol. The van der Waals surface area contributed by atoms with Gasteiger partial charge in [-0.2, -0.15) is 0 Å². The van der Waals surface area contributed by atoms with Crippen molar-refractivity contribution >= 4 is 11.9 Å². The average Bonchev–Trinajstić information content (AvgIpc) is 2.50. The minimum Gasteiger partial charge on any atom is -0.479 e. The van der Waals surface area contributed by atoms with E-state index in [1.54, 1.807) is 24.3 Å². The fourth-order valence-corrected chi connectivity index (χ4v) is 2.45. The van der Waals surface area contributed by atoms with E-state index in [-0.39, 0.29) is 11.9 Å². The van der Waals surface area contributed by atoms with Gasteiger partial charge in [-0.1, -0.05) is 51.1 Å². The fraction of sp³-hybridized carbons (Fsp3) is 0.500. The van der Waals surface area contributed by atoms with Crippen molar-refractivity contribution in [3.05, 3.63) is 35.9 Å². The van der Waals surface area contributed by atoms with Gasteiger partial charge in [0.25, 0.3) is 0 Å². The lowest BCUT2D eigenvalue weighted by atomic mass is 10.1. The molecule has 1 unspecified atom stereocenters. The smallest absolute Gasteiger partial charge is 0.330 e. The van der Waals surface area contributed by atoms with Gasteiger partial charge in [-0.25, -0.2) is 4.79 Å². The third-order valence-corrected chi connectivity index (χ3v) is 3.61. The van der Waals surface area contributed by atoms with Gasteiger partial charge in [0.2, 0.25) is 5.91 Å². The normalized spacial score (nSPS) is 13.7. The van der Waals surface area contributed by atoms with E-state index in [4.69, 9.17) is 0 Å². The van der Waals surface area contributed by atoms with Crippen LogP contribution in [0.4, 0.5) is 0 Å². The first kappa shape index (κ1) is 17.2. The monoisotopic (exact) mass is 292 g/mol. The maximum absolute atomic E-state index is 12.4. The summed E-state index contributed by atoms with van der Waals surface area (Å²) >= 11 is 0. The minimum atomic E-state index is -1.05. The van der Waals surface area contributed by atoms with Crippen LogP contribution in [-0.2, 0) is 9.59 Å². The second kappa shape index (κ2) is 8.42. The van der Waals surface area contributed by atoms with Gasteiger partial charge in [-0.3, -0.25) is 9.69 Å². The van der Waals surface area contributed by atoms with E-state index >= 15 is 0 Å². The van der Waals surface area contributed by atoms with Crippen molar-refractivity contribution < 1.29 is 14.7 Å². The van der Waals surface area contributed by atoms with E-state index < -0.39 is 12.0 Å². The van der Waals surface area contributed by atoms with Crippen LogP contribution in [0.25, 0.3) is 0 Å². The van der Waals surface area contributed by atoms with Crippen molar-refractivity contribution in [3.8, 4) is 0 Å². The Morgan fingerprint density at radius 3 is 2.14 bits per heavy atom. The molecule has 0 radical (unpaired) electrons. The zero-order valence-corrected chi connectivity index (χ0v) is 12.9. The lowest BCUT2D eigenvalue weighted by Crippen LogP contribution is -2.48. The molecule has 5 nitrogen and oxygen atoms in total. The SMILES string of the molecule is CCC(C(=O)N[C@H](C(=O)O)c1ccccc1)N(CC)CC. The van der Waals surface area contributed by atoms with Gasteiger partial charge in [0, 0.05) is 0 Å². The van der Waals surface area contributed by atoms with Crippen LogP contribution < -0.4 is 5.32 Å². The molecule has 5 heteroatoms. The maximum Gasteiger partial charge on any atom is 0.330 e. The summed E-state index contributed by atoms with van der Waals surface area (Å²) in [6, 6.07) is 7.44. The van der Waals surface area contributed by atoms with E-state index in [0.29, 0.717) is 12.0 Å². The summed E-state index contributed by atoms with van der Waals surface area (Å²) in [7, 11) is 0. The highest BCUT2D eigenvalue weighted by Crippen LogP contribution is 2.14. The van der Waals surface area contributed by atoms with Crippen LogP contribution in [0.3, 0.4) is 0 Å². The first-order valence-corrected chi connectivity index (χ1v) is 7.37. The number of carboxylic acid groups (broad SMARTS) is 1. The lowest BCUT2D eigenvalue weighted by Gasteiger charge is -2.29. The quantitative estimate of drug-likeness (QED) is 0.769. The molecule has 0 saturated carbocycles. The first-order chi connectivity index (χ1) is 10.0. The number of aliphatic carboxylic acids is 1. The number of carboxylic acids is 1. The second-order valence-electron chi connectivity index (χ2n) is 4.84. The Labute approximate surface area is 126 Å². The number of carbonyl (C=O) groups excluding carboxylic acids is 1. The summed E-state index contributed by atoms with van der Waals surface area (Å²) < 4.78 is 0. The Bertz CT molecular complexity index is 458. The van der Waals surface area contributed by atoms with Gasteiger partial charge in [-0.15, -0.1) is 0 Å². The zero-order chi connectivity index (χ0) is 15.8. The van der Waals surface area contributed by atoms with E-state index in [1.807, 2.05) is 31.7 Å². The molecule has 0 aliphatic rings. The van der Waals surface area contributed by atoms with Gasteiger partial charge >= 0.3 is 5.97 Å². The molecule has 0 fully saturated rings. The minimum absolute atomic E-state index is 0.238. The number of nitrogens with zero attached hydrogens (tertiary/aromatic N) is 1. The molecule has 0 aliphatic carbocycles. The van der Waals surface area contributed by atoms with Crippen molar-refractivity contribution in [1.82, 2.24) is 10.2 Å². The highest BCUT2D eigenvalue weighted by molar-refractivity contribution is 5.87. The van der Waals surface area contributed by atoms with Gasteiger partial charge in [0.15, 0.2) is 6.04 Å². The van der Waals surface area contributed by atoms with Crippen molar-refractivity contribution in [1.29, 1.82) is 0 Å². The summed E-state index contributed by atoms with van der Waals surface area (Å²) in [5.74, 6) is -1.29. The topological polar surface area (TPSA) is 69.6 Å². The number of hydrogen-bond acceptors (Lipinski definition) is 3. The fourth-order valence-electron chi connectivity index (χ4n) is 2.45. The molecule has 2 atom stereocenters. The summed E-state index contributed by atoms with van der Waals surface area (Å²) in [4.78, 5) is 25.9. The summed E-state index contributed by atoms with van der Waals surface area (Å²) in [6.45, 7) is 7.43. The van der Waals surface area contributed by atoms with Crippen molar-refractivity contribution in [2.75, 3.05) is 13.1 Å². The number of likely N-dealkylation sites (N-methyl/N-ethyl adjacent to an activating group) is 1. The molecule has 0 aliphatic heterocycles. The van der Waals surface area contributed by atoms with Crippen molar-refractivity contribution in [2.24, 2.45) is 0 Å². The predicted molar refractivity (Wildman–Crippen MR) is 82.0 cm³/mol. The number of amides is 1. The third kappa shape index (κ3) is 4.56. The molecule has 1 aromatic rings. The number of hydrogen-bond donors (Lipinski definition) is 2. The molecule has 1 aromatic carbocycles. The van der Waals surface area contributed by atoms with Crippen LogP contribution in [0, 0.1) is 0 Å². The first-order valence-electron chi connectivity index (χ1n) is 7.37. The summed E-state index contributed by atoms with van der Waals surface area (Å²) in [5, 5.41) is 12.0. The Hall–Kier alpha value is -1.88. The Kier molecular flexibility index (Phi) is 6.88. The Morgan fingerprint density at radius 1 is 1.14 bits per heavy atom. The van der Waals surface area contributed by atoms with Crippen molar-refractivity contribution in [2.45, 2.75) is 39.3 Å². The number of rotatable bonds is 8. The van der Waals surface area contributed by atoms with Crippen LogP contribution in [0.15, 0.2) is 30.3 Å². The molecule has 0 heterocycles. The Morgan fingerprint density at radius 2 is 1.71 bits per heavy atom. The predicted octanol–water partition coefficient (Wildman–Crippen LogP) is 2.05. The Balaban J connectivity index is 2.88. The lowest BCUT2D eigenvalue weighted by molar-refractivity contribution is -0.143. The number of benzene rings is 1. The second-order valence-corrected chi connectivity index (χ2v) is 4.84.